The summed E-state index contributed by atoms with van der Waals surface area (Å²) in [6.45, 7) is 0.453. The molecule has 2 aromatic carbocycles. The molecule has 98 valence electrons. The summed E-state index contributed by atoms with van der Waals surface area (Å²) in [6, 6.07) is 10.9. The third-order valence-corrected chi connectivity index (χ3v) is 3.77. The fraction of sp³-hybridized carbons (Fsp3) is 0.250. The summed E-state index contributed by atoms with van der Waals surface area (Å²) in [7, 11) is 0. The number of rotatable bonds is 3. The first kappa shape index (κ1) is 12.5. The SMILES string of the molecule is Fc1cc(OCc2ccc3c(c2)CCC3)ccc1Cl. The number of ether oxygens (including phenoxy) is 1. The van der Waals surface area contributed by atoms with Crippen LogP contribution < -0.4 is 4.74 Å². The molecule has 0 aromatic heterocycles. The molecule has 1 nitrogen and oxygen atoms in total. The van der Waals surface area contributed by atoms with E-state index in [2.05, 4.69) is 18.2 Å². The van der Waals surface area contributed by atoms with Crippen LogP contribution in [0.2, 0.25) is 5.02 Å². The Kier molecular flexibility index (Phi) is 3.43. The van der Waals surface area contributed by atoms with Crippen molar-refractivity contribution in [2.75, 3.05) is 0 Å². The van der Waals surface area contributed by atoms with Crippen LogP contribution in [-0.4, -0.2) is 0 Å². The molecule has 0 saturated carbocycles. The van der Waals surface area contributed by atoms with Crippen LogP contribution >= 0.6 is 11.6 Å². The van der Waals surface area contributed by atoms with Crippen LogP contribution in [0.1, 0.15) is 23.1 Å². The highest BCUT2D eigenvalue weighted by atomic mass is 35.5. The van der Waals surface area contributed by atoms with Gasteiger partial charge in [0.25, 0.3) is 0 Å². The molecule has 3 heteroatoms. The first-order valence-electron chi connectivity index (χ1n) is 6.41. The van der Waals surface area contributed by atoms with E-state index in [1.807, 2.05) is 0 Å². The van der Waals surface area contributed by atoms with Crippen molar-refractivity contribution in [2.24, 2.45) is 0 Å². The van der Waals surface area contributed by atoms with Crippen LogP contribution in [-0.2, 0) is 19.4 Å². The van der Waals surface area contributed by atoms with Crippen LogP contribution in [0.5, 0.6) is 5.75 Å². The number of hydrogen-bond acceptors (Lipinski definition) is 1. The molecule has 0 radical (unpaired) electrons. The summed E-state index contributed by atoms with van der Waals surface area (Å²) in [4.78, 5) is 0. The average Bonchev–Trinajstić information content (AvgIpc) is 2.87. The summed E-state index contributed by atoms with van der Waals surface area (Å²) in [6.07, 6.45) is 3.57. The maximum atomic E-state index is 13.3. The summed E-state index contributed by atoms with van der Waals surface area (Å²) in [5.74, 6) is 0.0514. The Bertz CT molecular complexity index is 610. The second-order valence-electron chi connectivity index (χ2n) is 4.82. The average molecular weight is 277 g/mol. The molecule has 3 rings (SSSR count). The third kappa shape index (κ3) is 2.74. The van der Waals surface area contributed by atoms with E-state index < -0.39 is 5.82 Å². The lowest BCUT2D eigenvalue weighted by molar-refractivity contribution is 0.304. The van der Waals surface area contributed by atoms with E-state index in [0.717, 1.165) is 12.0 Å². The van der Waals surface area contributed by atoms with Gasteiger partial charge in [-0.05, 0) is 48.1 Å². The first-order valence-corrected chi connectivity index (χ1v) is 6.79. The molecule has 1 aliphatic rings. The van der Waals surface area contributed by atoms with Gasteiger partial charge in [0.2, 0.25) is 0 Å². The van der Waals surface area contributed by atoms with Gasteiger partial charge in [0.15, 0.2) is 0 Å². The van der Waals surface area contributed by atoms with E-state index in [4.69, 9.17) is 16.3 Å². The van der Waals surface area contributed by atoms with Gasteiger partial charge in [0, 0.05) is 6.07 Å². The molecule has 0 bridgehead atoms. The van der Waals surface area contributed by atoms with Crippen LogP contribution in [0.25, 0.3) is 0 Å². The molecule has 0 aliphatic heterocycles. The van der Waals surface area contributed by atoms with E-state index in [0.29, 0.717) is 12.4 Å². The molecule has 0 heterocycles. The fourth-order valence-corrected chi connectivity index (χ4v) is 2.57. The van der Waals surface area contributed by atoms with Crippen molar-refractivity contribution in [3.05, 3.63) is 63.9 Å². The normalized spacial score (nSPS) is 13.4. The van der Waals surface area contributed by atoms with Gasteiger partial charge in [-0.2, -0.15) is 0 Å². The second-order valence-corrected chi connectivity index (χ2v) is 5.23. The topological polar surface area (TPSA) is 9.23 Å². The Morgan fingerprint density at radius 3 is 2.74 bits per heavy atom. The minimum absolute atomic E-state index is 0.116. The molecule has 0 fully saturated rings. The fourth-order valence-electron chi connectivity index (χ4n) is 2.45. The molecule has 0 N–H and O–H groups in total. The molecule has 19 heavy (non-hydrogen) atoms. The number of aryl methyl sites for hydroxylation is 2. The Balaban J connectivity index is 1.70. The first-order chi connectivity index (χ1) is 9.22. The molecular formula is C16H14ClFO. The van der Waals surface area contributed by atoms with Gasteiger partial charge in [-0.3, -0.25) is 0 Å². The van der Waals surface area contributed by atoms with E-state index in [1.165, 1.54) is 36.1 Å². The van der Waals surface area contributed by atoms with Gasteiger partial charge in [-0.25, -0.2) is 4.39 Å². The minimum atomic E-state index is -0.451. The Morgan fingerprint density at radius 1 is 1.05 bits per heavy atom. The second kappa shape index (κ2) is 5.22. The monoisotopic (exact) mass is 276 g/mol. The van der Waals surface area contributed by atoms with Crippen molar-refractivity contribution in [1.29, 1.82) is 0 Å². The smallest absolute Gasteiger partial charge is 0.145 e. The largest absolute Gasteiger partial charge is 0.489 e. The third-order valence-electron chi connectivity index (χ3n) is 3.46. The Morgan fingerprint density at radius 2 is 1.89 bits per heavy atom. The van der Waals surface area contributed by atoms with Crippen molar-refractivity contribution < 1.29 is 9.13 Å². The number of hydrogen-bond donors (Lipinski definition) is 0. The van der Waals surface area contributed by atoms with Gasteiger partial charge in [-0.15, -0.1) is 0 Å². The summed E-state index contributed by atoms with van der Waals surface area (Å²) in [5.41, 5.74) is 3.99. The van der Waals surface area contributed by atoms with Crippen LogP contribution in [0.3, 0.4) is 0 Å². The van der Waals surface area contributed by atoms with Crippen molar-refractivity contribution in [3.8, 4) is 5.75 Å². The minimum Gasteiger partial charge on any atom is -0.489 e. The van der Waals surface area contributed by atoms with E-state index in [1.54, 1.807) is 6.07 Å². The van der Waals surface area contributed by atoms with E-state index in [9.17, 15) is 4.39 Å². The zero-order valence-corrected chi connectivity index (χ0v) is 11.2. The highest BCUT2D eigenvalue weighted by Crippen LogP contribution is 2.24. The maximum absolute atomic E-state index is 13.3. The number of halogens is 2. The molecular weight excluding hydrogens is 263 g/mol. The predicted octanol–water partition coefficient (Wildman–Crippen LogP) is 4.55. The van der Waals surface area contributed by atoms with Gasteiger partial charge in [0.1, 0.15) is 18.2 Å². The number of benzene rings is 2. The highest BCUT2D eigenvalue weighted by molar-refractivity contribution is 6.30. The lowest BCUT2D eigenvalue weighted by Gasteiger charge is -2.08. The van der Waals surface area contributed by atoms with Gasteiger partial charge in [-0.1, -0.05) is 29.8 Å². The summed E-state index contributed by atoms with van der Waals surface area (Å²) >= 11 is 5.63. The van der Waals surface area contributed by atoms with Crippen LogP contribution in [0.4, 0.5) is 4.39 Å². The Labute approximate surface area is 117 Å². The quantitative estimate of drug-likeness (QED) is 0.799. The van der Waals surface area contributed by atoms with Crippen molar-refractivity contribution in [1.82, 2.24) is 0 Å². The Hall–Kier alpha value is -1.54. The standard InChI is InChI=1S/C16H14ClFO/c17-15-7-6-14(9-16(15)18)19-10-11-4-5-12-2-1-3-13(12)8-11/h4-9H,1-3,10H2. The maximum Gasteiger partial charge on any atom is 0.145 e. The molecule has 1 aliphatic carbocycles. The zero-order chi connectivity index (χ0) is 13.2. The lowest BCUT2D eigenvalue weighted by atomic mass is 10.1. The number of fused-ring (bicyclic) bond motifs is 1. The molecule has 0 spiro atoms. The molecule has 0 unspecified atom stereocenters. The lowest BCUT2D eigenvalue weighted by Crippen LogP contribution is -1.97. The molecule has 0 saturated heterocycles. The van der Waals surface area contributed by atoms with Crippen LogP contribution in [0.15, 0.2) is 36.4 Å². The van der Waals surface area contributed by atoms with Gasteiger partial charge < -0.3 is 4.74 Å². The summed E-state index contributed by atoms with van der Waals surface area (Å²) < 4.78 is 18.9. The molecule has 2 aromatic rings. The van der Waals surface area contributed by atoms with E-state index in [-0.39, 0.29) is 5.02 Å². The molecule has 0 amide bonds. The highest BCUT2D eigenvalue weighted by Gasteiger charge is 2.11. The summed E-state index contributed by atoms with van der Waals surface area (Å²) in [5, 5.41) is 0.116. The van der Waals surface area contributed by atoms with Crippen molar-refractivity contribution in [3.63, 3.8) is 0 Å². The van der Waals surface area contributed by atoms with Gasteiger partial charge >= 0.3 is 0 Å². The predicted molar refractivity (Wildman–Crippen MR) is 74.2 cm³/mol. The van der Waals surface area contributed by atoms with Gasteiger partial charge in [0.05, 0.1) is 5.02 Å². The molecule has 0 atom stereocenters. The van der Waals surface area contributed by atoms with Crippen molar-refractivity contribution >= 4 is 11.6 Å². The van der Waals surface area contributed by atoms with E-state index >= 15 is 0 Å². The van der Waals surface area contributed by atoms with Crippen molar-refractivity contribution in [2.45, 2.75) is 25.9 Å². The zero-order valence-electron chi connectivity index (χ0n) is 10.5. The van der Waals surface area contributed by atoms with Crippen LogP contribution in [0, 0.1) is 5.82 Å².